The van der Waals surface area contributed by atoms with Crippen LogP contribution >= 0.6 is 0 Å². The van der Waals surface area contributed by atoms with Gasteiger partial charge in [0.1, 0.15) is 5.75 Å². The summed E-state index contributed by atoms with van der Waals surface area (Å²) in [6.07, 6.45) is -0.806. The lowest BCUT2D eigenvalue weighted by Gasteiger charge is -2.10. The first-order valence-electron chi connectivity index (χ1n) is 9.21. The van der Waals surface area contributed by atoms with Crippen molar-refractivity contribution in [2.24, 2.45) is 0 Å². The second-order valence-electron chi connectivity index (χ2n) is 5.89. The Labute approximate surface area is 174 Å². The van der Waals surface area contributed by atoms with Crippen LogP contribution in [0.5, 0.6) is 17.2 Å². The van der Waals surface area contributed by atoms with Crippen LogP contribution in [0.2, 0.25) is 0 Å². The van der Waals surface area contributed by atoms with Gasteiger partial charge in [-0.25, -0.2) is 4.79 Å². The van der Waals surface area contributed by atoms with Crippen molar-refractivity contribution in [2.45, 2.75) is 6.92 Å². The van der Waals surface area contributed by atoms with Gasteiger partial charge in [0.15, 0.2) is 11.5 Å². The van der Waals surface area contributed by atoms with E-state index in [2.05, 4.69) is 15.4 Å². The van der Waals surface area contributed by atoms with Gasteiger partial charge < -0.3 is 29.6 Å². The van der Waals surface area contributed by atoms with E-state index in [1.807, 2.05) is 0 Å². The zero-order valence-electron chi connectivity index (χ0n) is 17.0. The van der Waals surface area contributed by atoms with Crippen LogP contribution in [0.15, 0.2) is 42.5 Å². The molecule has 0 aromatic heterocycles. The lowest BCUT2D eigenvalue weighted by Crippen LogP contribution is -2.34. The van der Waals surface area contributed by atoms with Gasteiger partial charge in [0, 0.05) is 24.2 Å². The number of nitrogens with one attached hydrogen (secondary N) is 2. The van der Waals surface area contributed by atoms with Gasteiger partial charge in [-0.3, -0.25) is 9.59 Å². The van der Waals surface area contributed by atoms with Crippen LogP contribution in [0.25, 0.3) is 0 Å². The number of rotatable bonds is 9. The summed E-state index contributed by atoms with van der Waals surface area (Å²) in [5.74, 6) is 0.629. The zero-order valence-corrected chi connectivity index (χ0v) is 17.0. The number of carbonyl (C=O) groups is 3. The lowest BCUT2D eigenvalue weighted by molar-refractivity contribution is 0.0927. The summed E-state index contributed by atoms with van der Waals surface area (Å²) in [4.78, 5) is 35.6. The van der Waals surface area contributed by atoms with Gasteiger partial charge in [-0.05, 0) is 49.4 Å². The molecule has 9 heteroatoms. The number of amides is 2. The molecule has 9 nitrogen and oxygen atoms in total. The molecule has 0 saturated carbocycles. The largest absolute Gasteiger partial charge is 0.513 e. The molecule has 0 saturated heterocycles. The molecular weight excluding hydrogens is 392 g/mol. The summed E-state index contributed by atoms with van der Waals surface area (Å²) >= 11 is 0. The molecule has 0 unspecified atom stereocenters. The molecule has 0 atom stereocenters. The van der Waals surface area contributed by atoms with Crippen molar-refractivity contribution in [3.63, 3.8) is 0 Å². The van der Waals surface area contributed by atoms with Gasteiger partial charge in [-0.2, -0.15) is 0 Å². The molecule has 0 radical (unpaired) electrons. The van der Waals surface area contributed by atoms with Gasteiger partial charge in [0.2, 0.25) is 0 Å². The van der Waals surface area contributed by atoms with Crippen LogP contribution in [-0.4, -0.2) is 51.9 Å². The molecule has 0 fully saturated rings. The molecule has 0 aliphatic rings. The molecule has 0 aliphatic heterocycles. The fourth-order valence-electron chi connectivity index (χ4n) is 2.45. The summed E-state index contributed by atoms with van der Waals surface area (Å²) in [5, 5.41) is 5.41. The predicted octanol–water partition coefficient (Wildman–Crippen LogP) is 2.40. The fraction of sp³-hybridized carbons (Fsp3) is 0.286. The Morgan fingerprint density at radius 1 is 0.800 bits per heavy atom. The number of carbonyl (C=O) groups excluding carboxylic acids is 3. The highest BCUT2D eigenvalue weighted by molar-refractivity contribution is 5.95. The number of hydrogen-bond acceptors (Lipinski definition) is 7. The molecule has 30 heavy (non-hydrogen) atoms. The van der Waals surface area contributed by atoms with E-state index >= 15 is 0 Å². The van der Waals surface area contributed by atoms with Crippen LogP contribution in [0.4, 0.5) is 4.79 Å². The van der Waals surface area contributed by atoms with Crippen LogP contribution in [-0.2, 0) is 4.74 Å². The Balaban J connectivity index is 1.79. The second-order valence-corrected chi connectivity index (χ2v) is 5.89. The molecular formula is C21H24N2O7. The Hall–Kier alpha value is -3.75. The molecule has 2 aromatic rings. The lowest BCUT2D eigenvalue weighted by atomic mass is 10.2. The third-order valence-electron chi connectivity index (χ3n) is 3.92. The monoisotopic (exact) mass is 416 g/mol. The maximum Gasteiger partial charge on any atom is 0.513 e. The first-order chi connectivity index (χ1) is 14.5. The standard InChI is InChI=1S/C21H24N2O7/c1-4-29-21(26)30-16-8-5-14(6-9-16)19(24)22-11-12-23-20(25)15-7-10-17(27-2)18(13-15)28-3/h5-10,13H,4,11-12H2,1-3H3,(H,22,24)(H,23,25). The van der Waals surface area contributed by atoms with Crippen molar-refractivity contribution < 1.29 is 33.3 Å². The van der Waals surface area contributed by atoms with Crippen LogP contribution in [0, 0.1) is 0 Å². The number of methoxy groups -OCH3 is 2. The highest BCUT2D eigenvalue weighted by atomic mass is 16.7. The summed E-state index contributed by atoms with van der Waals surface area (Å²) < 4.78 is 19.9. The quantitative estimate of drug-likeness (QED) is 0.367. The van der Waals surface area contributed by atoms with Gasteiger partial charge in [0.25, 0.3) is 11.8 Å². The summed E-state index contributed by atoms with van der Waals surface area (Å²) in [5.41, 5.74) is 0.800. The highest BCUT2D eigenvalue weighted by Crippen LogP contribution is 2.27. The maximum absolute atomic E-state index is 12.2. The Morgan fingerprint density at radius 2 is 1.37 bits per heavy atom. The van der Waals surface area contributed by atoms with Gasteiger partial charge in [-0.1, -0.05) is 0 Å². The molecule has 0 heterocycles. The molecule has 2 amide bonds. The first-order valence-corrected chi connectivity index (χ1v) is 9.21. The summed E-state index contributed by atoms with van der Waals surface area (Å²) in [6, 6.07) is 10.9. The van der Waals surface area contributed by atoms with E-state index in [1.165, 1.54) is 38.5 Å². The summed E-state index contributed by atoms with van der Waals surface area (Å²) in [6.45, 7) is 2.36. The van der Waals surface area contributed by atoms with Crippen molar-refractivity contribution in [2.75, 3.05) is 33.9 Å². The predicted molar refractivity (Wildman–Crippen MR) is 108 cm³/mol. The summed E-state index contributed by atoms with van der Waals surface area (Å²) in [7, 11) is 3.01. The molecule has 0 aliphatic carbocycles. The SMILES string of the molecule is CCOC(=O)Oc1ccc(C(=O)NCCNC(=O)c2ccc(OC)c(OC)c2)cc1. The number of benzene rings is 2. The zero-order chi connectivity index (χ0) is 21.9. The van der Waals surface area contributed by atoms with Crippen molar-refractivity contribution in [3.05, 3.63) is 53.6 Å². The molecule has 2 aromatic carbocycles. The minimum Gasteiger partial charge on any atom is -0.493 e. The second kappa shape index (κ2) is 11.3. The van der Waals surface area contributed by atoms with Crippen molar-refractivity contribution >= 4 is 18.0 Å². The van der Waals surface area contributed by atoms with Crippen molar-refractivity contribution in [1.29, 1.82) is 0 Å². The average molecular weight is 416 g/mol. The van der Waals surface area contributed by atoms with Crippen LogP contribution < -0.4 is 24.8 Å². The number of hydrogen-bond donors (Lipinski definition) is 2. The van der Waals surface area contributed by atoms with E-state index < -0.39 is 6.16 Å². The van der Waals surface area contributed by atoms with Gasteiger partial charge in [0.05, 0.1) is 20.8 Å². The van der Waals surface area contributed by atoms with Gasteiger partial charge in [-0.15, -0.1) is 0 Å². The van der Waals surface area contributed by atoms with Crippen molar-refractivity contribution in [3.8, 4) is 17.2 Å². The van der Waals surface area contributed by atoms with Crippen molar-refractivity contribution in [1.82, 2.24) is 10.6 Å². The van der Waals surface area contributed by atoms with E-state index in [9.17, 15) is 14.4 Å². The van der Waals surface area contributed by atoms with Crippen LogP contribution in [0.3, 0.4) is 0 Å². The Bertz CT molecular complexity index is 881. The molecule has 0 bridgehead atoms. The minimum atomic E-state index is -0.806. The molecule has 160 valence electrons. The third kappa shape index (κ3) is 6.40. The maximum atomic E-state index is 12.2. The fourth-order valence-corrected chi connectivity index (χ4v) is 2.45. The first kappa shape index (κ1) is 22.5. The molecule has 2 rings (SSSR count). The smallest absolute Gasteiger partial charge is 0.493 e. The topological polar surface area (TPSA) is 112 Å². The van der Waals surface area contributed by atoms with E-state index in [0.717, 1.165) is 0 Å². The van der Waals surface area contributed by atoms with Crippen LogP contribution in [0.1, 0.15) is 27.6 Å². The average Bonchev–Trinajstić information content (AvgIpc) is 2.76. The van der Waals surface area contributed by atoms with E-state index in [1.54, 1.807) is 25.1 Å². The van der Waals surface area contributed by atoms with E-state index in [0.29, 0.717) is 22.6 Å². The Kier molecular flexibility index (Phi) is 8.49. The Morgan fingerprint density at radius 3 is 1.93 bits per heavy atom. The van der Waals surface area contributed by atoms with Gasteiger partial charge >= 0.3 is 6.16 Å². The normalized spacial score (nSPS) is 9.97. The minimum absolute atomic E-state index is 0.210. The molecule has 2 N–H and O–H groups in total. The third-order valence-corrected chi connectivity index (χ3v) is 3.92. The van der Waals surface area contributed by atoms with E-state index in [-0.39, 0.29) is 37.3 Å². The highest BCUT2D eigenvalue weighted by Gasteiger charge is 2.11. The molecule has 0 spiro atoms. The number of ether oxygens (including phenoxy) is 4. The van der Waals surface area contributed by atoms with E-state index in [4.69, 9.17) is 14.2 Å².